The lowest BCUT2D eigenvalue weighted by Gasteiger charge is -2.27. The molecule has 0 amide bonds. The van der Waals surface area contributed by atoms with Crippen molar-refractivity contribution in [2.24, 2.45) is 16.0 Å². The molecule has 0 N–H and O–H groups in total. The van der Waals surface area contributed by atoms with E-state index in [2.05, 4.69) is 50.3 Å². The number of nitrogens with zero attached hydrogens (tertiary/aromatic N) is 3. The lowest BCUT2D eigenvalue weighted by molar-refractivity contribution is 0.245. The van der Waals surface area contributed by atoms with Gasteiger partial charge >= 0.3 is 0 Å². The monoisotopic (exact) mass is 311 g/mol. The molecule has 3 aliphatic rings. The van der Waals surface area contributed by atoms with Crippen molar-refractivity contribution in [2.45, 2.75) is 31.7 Å². The van der Waals surface area contributed by atoms with Crippen LogP contribution in [0.25, 0.3) is 5.57 Å². The summed E-state index contributed by atoms with van der Waals surface area (Å²) in [5.41, 5.74) is 4.17. The second-order valence-electron chi connectivity index (χ2n) is 6.24. The van der Waals surface area contributed by atoms with E-state index in [9.17, 15) is 0 Å². The molecular weight excluding hydrogens is 290 g/mol. The van der Waals surface area contributed by atoms with Gasteiger partial charge in [-0.1, -0.05) is 12.2 Å². The van der Waals surface area contributed by atoms with Gasteiger partial charge in [0.2, 0.25) is 0 Å². The predicted octanol–water partition coefficient (Wildman–Crippen LogP) is 4.00. The Labute approximate surface area is 135 Å². The highest BCUT2D eigenvalue weighted by atomic mass is 32.1. The third-order valence-electron chi connectivity index (χ3n) is 4.79. The molecule has 0 saturated heterocycles. The van der Waals surface area contributed by atoms with E-state index in [0.717, 1.165) is 19.5 Å². The van der Waals surface area contributed by atoms with Gasteiger partial charge in [0.15, 0.2) is 0 Å². The fourth-order valence-electron chi connectivity index (χ4n) is 3.48. The molecule has 0 bridgehead atoms. The summed E-state index contributed by atoms with van der Waals surface area (Å²) in [6.07, 6.45) is 13.5. The standard InChI is InChI=1S/C18H21N3S/c1(2-14-5-7-19-11-14)8-21-18-10-15(17-6-9-22-13-17)3-4-16(18)12-20-21/h3-4,6,9,11-14,18H,1-2,5,7-8,10H2. The Hall–Kier alpha value is -1.68. The quantitative estimate of drug-likeness (QED) is 0.807. The summed E-state index contributed by atoms with van der Waals surface area (Å²) in [5.74, 6) is 0.703. The van der Waals surface area contributed by atoms with Crippen LogP contribution in [-0.4, -0.2) is 36.6 Å². The SMILES string of the molecule is C1=NCCC1CCCN1N=CC2=CC=C(c3ccsc3)CC21. The van der Waals surface area contributed by atoms with Crippen molar-refractivity contribution in [3.05, 3.63) is 40.1 Å². The Morgan fingerprint density at radius 1 is 1.32 bits per heavy atom. The average molecular weight is 311 g/mol. The van der Waals surface area contributed by atoms with E-state index in [1.165, 1.54) is 36.0 Å². The van der Waals surface area contributed by atoms with Crippen LogP contribution >= 0.6 is 11.3 Å². The van der Waals surface area contributed by atoms with Crippen LogP contribution in [0.1, 0.15) is 31.2 Å². The van der Waals surface area contributed by atoms with Crippen LogP contribution in [0.15, 0.2) is 44.6 Å². The van der Waals surface area contributed by atoms with E-state index in [0.29, 0.717) is 12.0 Å². The number of aliphatic imine (C=N–C) groups is 1. The van der Waals surface area contributed by atoms with Crippen molar-refractivity contribution in [1.29, 1.82) is 0 Å². The lowest BCUT2D eigenvalue weighted by Crippen LogP contribution is -2.30. The maximum atomic E-state index is 4.64. The predicted molar refractivity (Wildman–Crippen MR) is 94.7 cm³/mol. The molecule has 1 aliphatic carbocycles. The zero-order valence-electron chi connectivity index (χ0n) is 12.7. The summed E-state index contributed by atoms with van der Waals surface area (Å²) in [7, 11) is 0. The van der Waals surface area contributed by atoms with E-state index in [1.807, 2.05) is 6.21 Å². The number of fused-ring (bicyclic) bond motifs is 1. The van der Waals surface area contributed by atoms with Gasteiger partial charge in [-0.2, -0.15) is 16.4 Å². The van der Waals surface area contributed by atoms with E-state index in [-0.39, 0.29) is 0 Å². The summed E-state index contributed by atoms with van der Waals surface area (Å²) < 4.78 is 0. The van der Waals surface area contributed by atoms with Gasteiger partial charge in [-0.05, 0) is 65.1 Å². The number of allylic oxidation sites excluding steroid dienone is 2. The van der Waals surface area contributed by atoms with Crippen LogP contribution in [0.5, 0.6) is 0 Å². The fourth-order valence-corrected chi connectivity index (χ4v) is 4.16. The molecule has 4 rings (SSSR count). The first-order chi connectivity index (χ1) is 10.9. The van der Waals surface area contributed by atoms with Crippen molar-refractivity contribution in [2.75, 3.05) is 13.1 Å². The van der Waals surface area contributed by atoms with Crippen molar-refractivity contribution in [3.8, 4) is 0 Å². The molecule has 2 unspecified atom stereocenters. The Kier molecular flexibility index (Phi) is 3.94. The van der Waals surface area contributed by atoms with Gasteiger partial charge in [-0.3, -0.25) is 10.0 Å². The number of rotatable bonds is 5. The van der Waals surface area contributed by atoms with Crippen LogP contribution in [0.3, 0.4) is 0 Å². The first kappa shape index (κ1) is 13.9. The van der Waals surface area contributed by atoms with Gasteiger partial charge in [0, 0.05) is 19.3 Å². The zero-order chi connectivity index (χ0) is 14.8. The molecule has 0 fully saturated rings. The number of hydrogen-bond donors (Lipinski definition) is 0. The first-order valence-electron chi connectivity index (χ1n) is 8.14. The topological polar surface area (TPSA) is 28.0 Å². The summed E-state index contributed by atoms with van der Waals surface area (Å²) >= 11 is 1.77. The Morgan fingerprint density at radius 2 is 2.32 bits per heavy atom. The Balaban J connectivity index is 1.36. The van der Waals surface area contributed by atoms with Crippen molar-refractivity contribution in [3.63, 3.8) is 0 Å². The molecule has 2 atom stereocenters. The maximum absolute atomic E-state index is 4.64. The van der Waals surface area contributed by atoms with Crippen LogP contribution in [0.4, 0.5) is 0 Å². The van der Waals surface area contributed by atoms with Crippen LogP contribution in [-0.2, 0) is 0 Å². The highest BCUT2D eigenvalue weighted by Gasteiger charge is 2.28. The summed E-state index contributed by atoms with van der Waals surface area (Å²) in [6, 6.07) is 2.66. The third-order valence-corrected chi connectivity index (χ3v) is 5.47. The fraction of sp³-hybridized carbons (Fsp3) is 0.444. The number of hydrazone groups is 1. The van der Waals surface area contributed by atoms with Gasteiger partial charge < -0.3 is 0 Å². The van der Waals surface area contributed by atoms with Gasteiger partial charge in [-0.15, -0.1) is 0 Å². The first-order valence-corrected chi connectivity index (χ1v) is 9.08. The van der Waals surface area contributed by atoms with Crippen molar-refractivity contribution in [1.82, 2.24) is 5.01 Å². The minimum absolute atomic E-state index is 0.442. The lowest BCUT2D eigenvalue weighted by atomic mass is 9.91. The van der Waals surface area contributed by atoms with Crippen LogP contribution < -0.4 is 0 Å². The highest BCUT2D eigenvalue weighted by molar-refractivity contribution is 7.08. The smallest absolute Gasteiger partial charge is 0.0775 e. The van der Waals surface area contributed by atoms with Gasteiger partial charge in [0.25, 0.3) is 0 Å². The normalized spacial score (nSPS) is 26.3. The molecule has 0 radical (unpaired) electrons. The summed E-state index contributed by atoms with van der Waals surface area (Å²) in [5, 5.41) is 11.3. The van der Waals surface area contributed by atoms with Gasteiger partial charge in [-0.25, -0.2) is 0 Å². The maximum Gasteiger partial charge on any atom is 0.0775 e. The highest BCUT2D eigenvalue weighted by Crippen LogP contribution is 2.33. The molecule has 4 heteroatoms. The molecule has 1 aromatic rings. The van der Waals surface area contributed by atoms with Crippen LogP contribution in [0.2, 0.25) is 0 Å². The summed E-state index contributed by atoms with van der Waals surface area (Å²) in [4.78, 5) is 4.34. The molecule has 114 valence electrons. The van der Waals surface area contributed by atoms with Gasteiger partial charge in [0.05, 0.1) is 12.3 Å². The Morgan fingerprint density at radius 3 is 3.14 bits per heavy atom. The zero-order valence-corrected chi connectivity index (χ0v) is 13.5. The summed E-state index contributed by atoms with van der Waals surface area (Å²) in [6.45, 7) is 2.08. The second kappa shape index (κ2) is 6.21. The Bertz CT molecular complexity index is 639. The van der Waals surface area contributed by atoms with E-state index >= 15 is 0 Å². The largest absolute Gasteiger partial charge is 0.297 e. The minimum Gasteiger partial charge on any atom is -0.297 e. The van der Waals surface area contributed by atoms with Gasteiger partial charge in [0.1, 0.15) is 0 Å². The number of thiophene rings is 1. The number of hydrogen-bond acceptors (Lipinski definition) is 4. The van der Waals surface area contributed by atoms with E-state index in [4.69, 9.17) is 0 Å². The molecular formula is C18H21N3S. The molecule has 1 aromatic heterocycles. The molecule has 3 heterocycles. The molecule has 3 nitrogen and oxygen atoms in total. The van der Waals surface area contributed by atoms with E-state index < -0.39 is 0 Å². The third kappa shape index (κ3) is 2.80. The second-order valence-corrected chi connectivity index (χ2v) is 7.02. The van der Waals surface area contributed by atoms with E-state index in [1.54, 1.807) is 11.3 Å². The molecule has 0 spiro atoms. The molecule has 0 saturated carbocycles. The average Bonchev–Trinajstić information content (AvgIpc) is 3.29. The van der Waals surface area contributed by atoms with Crippen molar-refractivity contribution >= 4 is 29.3 Å². The minimum atomic E-state index is 0.442. The molecule has 2 aliphatic heterocycles. The van der Waals surface area contributed by atoms with Crippen molar-refractivity contribution < 1.29 is 0 Å². The molecule has 22 heavy (non-hydrogen) atoms. The van der Waals surface area contributed by atoms with Crippen LogP contribution in [0, 0.1) is 5.92 Å². The molecule has 0 aromatic carbocycles.